The van der Waals surface area contributed by atoms with Gasteiger partial charge in [0, 0.05) is 5.56 Å². The smallest absolute Gasteiger partial charge is 0.291 e. The van der Waals surface area contributed by atoms with Gasteiger partial charge in [0.2, 0.25) is 0 Å². The highest BCUT2D eigenvalue weighted by Crippen LogP contribution is 2.24. The van der Waals surface area contributed by atoms with E-state index >= 15 is 0 Å². The molecule has 0 saturated carbocycles. The first-order valence-electron chi connectivity index (χ1n) is 9.28. The van der Waals surface area contributed by atoms with Gasteiger partial charge in [0.1, 0.15) is 11.4 Å². The number of hydrazone groups is 1. The van der Waals surface area contributed by atoms with Crippen LogP contribution < -0.4 is 10.2 Å². The number of benzene rings is 2. The van der Waals surface area contributed by atoms with Gasteiger partial charge in [-0.3, -0.25) is 9.78 Å². The number of rotatable bonds is 5. The zero-order valence-electron chi connectivity index (χ0n) is 17.0. The molecule has 0 saturated heterocycles. The monoisotopic (exact) mass is 388 g/mol. The number of methoxy groups -OCH3 is 1. The average Bonchev–Trinajstić information content (AvgIpc) is 2.73. The SMILES string of the molecule is COc1ccc(-c2cncc(C(=O)NN=Cc3ccccc3C(C)(C)C)n2)cc1. The predicted octanol–water partition coefficient (Wildman–Crippen LogP) is 4.21. The summed E-state index contributed by atoms with van der Waals surface area (Å²) in [6.07, 6.45) is 4.68. The Balaban J connectivity index is 1.74. The number of carbonyl (C=O) groups is 1. The normalized spacial score (nSPS) is 11.4. The van der Waals surface area contributed by atoms with Crippen LogP contribution in [0.2, 0.25) is 0 Å². The van der Waals surface area contributed by atoms with Crippen LogP contribution in [-0.4, -0.2) is 29.2 Å². The van der Waals surface area contributed by atoms with E-state index in [0.717, 1.165) is 22.4 Å². The molecular formula is C23H24N4O2. The van der Waals surface area contributed by atoms with Crippen LogP contribution in [0.3, 0.4) is 0 Å². The molecule has 0 aliphatic rings. The molecular weight excluding hydrogens is 364 g/mol. The summed E-state index contributed by atoms with van der Waals surface area (Å²) in [4.78, 5) is 21.0. The van der Waals surface area contributed by atoms with Crippen molar-refractivity contribution in [3.05, 3.63) is 77.7 Å². The van der Waals surface area contributed by atoms with E-state index in [1.54, 1.807) is 19.5 Å². The van der Waals surface area contributed by atoms with Crippen LogP contribution in [0.15, 0.2) is 66.0 Å². The molecule has 0 spiro atoms. The van der Waals surface area contributed by atoms with Crippen LogP contribution in [0, 0.1) is 0 Å². The Bertz CT molecular complexity index is 1020. The molecule has 29 heavy (non-hydrogen) atoms. The first-order valence-corrected chi connectivity index (χ1v) is 9.28. The zero-order valence-corrected chi connectivity index (χ0v) is 17.0. The topological polar surface area (TPSA) is 76.5 Å². The third-order valence-corrected chi connectivity index (χ3v) is 4.39. The largest absolute Gasteiger partial charge is 0.497 e. The molecule has 6 nitrogen and oxygen atoms in total. The van der Waals surface area contributed by atoms with E-state index in [1.807, 2.05) is 42.5 Å². The highest BCUT2D eigenvalue weighted by molar-refractivity contribution is 5.93. The van der Waals surface area contributed by atoms with E-state index in [9.17, 15) is 4.79 Å². The molecule has 0 aliphatic heterocycles. The van der Waals surface area contributed by atoms with Crippen LogP contribution in [0.25, 0.3) is 11.3 Å². The van der Waals surface area contributed by atoms with Crippen molar-refractivity contribution >= 4 is 12.1 Å². The summed E-state index contributed by atoms with van der Waals surface area (Å²) < 4.78 is 5.16. The van der Waals surface area contributed by atoms with Crippen molar-refractivity contribution in [3.63, 3.8) is 0 Å². The number of nitrogens with one attached hydrogen (secondary N) is 1. The van der Waals surface area contributed by atoms with Crippen molar-refractivity contribution in [1.82, 2.24) is 15.4 Å². The Hall–Kier alpha value is -3.54. The number of nitrogens with zero attached hydrogens (tertiary/aromatic N) is 3. The summed E-state index contributed by atoms with van der Waals surface area (Å²) in [7, 11) is 1.61. The number of carbonyl (C=O) groups excluding carboxylic acids is 1. The van der Waals surface area contributed by atoms with Gasteiger partial charge in [-0.15, -0.1) is 0 Å². The molecule has 6 heteroatoms. The Morgan fingerprint density at radius 3 is 2.48 bits per heavy atom. The lowest BCUT2D eigenvalue weighted by atomic mass is 9.84. The molecule has 0 fully saturated rings. The molecule has 1 amide bonds. The van der Waals surface area contributed by atoms with Crippen molar-refractivity contribution in [2.75, 3.05) is 7.11 Å². The molecule has 1 N–H and O–H groups in total. The van der Waals surface area contributed by atoms with Crippen molar-refractivity contribution in [1.29, 1.82) is 0 Å². The second kappa shape index (κ2) is 8.65. The molecule has 1 heterocycles. The van der Waals surface area contributed by atoms with Gasteiger partial charge in [-0.25, -0.2) is 10.4 Å². The van der Waals surface area contributed by atoms with Gasteiger partial charge >= 0.3 is 0 Å². The van der Waals surface area contributed by atoms with E-state index in [-0.39, 0.29) is 11.1 Å². The molecule has 0 aliphatic carbocycles. The molecule has 2 aromatic carbocycles. The maximum absolute atomic E-state index is 12.5. The van der Waals surface area contributed by atoms with Crippen LogP contribution in [0.4, 0.5) is 0 Å². The summed E-state index contributed by atoms with van der Waals surface area (Å²) in [5.41, 5.74) is 6.25. The van der Waals surface area contributed by atoms with Gasteiger partial charge in [-0.05, 0) is 40.8 Å². The third kappa shape index (κ3) is 5.04. The highest BCUT2D eigenvalue weighted by Gasteiger charge is 2.16. The molecule has 1 aromatic heterocycles. The van der Waals surface area contributed by atoms with E-state index in [1.165, 1.54) is 6.20 Å². The minimum absolute atomic E-state index is 0.0230. The van der Waals surface area contributed by atoms with E-state index in [2.05, 4.69) is 47.3 Å². The van der Waals surface area contributed by atoms with E-state index in [4.69, 9.17) is 4.74 Å². The Kier molecular flexibility index (Phi) is 6.02. The fourth-order valence-corrected chi connectivity index (χ4v) is 2.89. The summed E-state index contributed by atoms with van der Waals surface area (Å²) in [6, 6.07) is 15.4. The summed E-state index contributed by atoms with van der Waals surface area (Å²) in [5, 5.41) is 4.11. The molecule has 3 aromatic rings. The number of hydrogen-bond acceptors (Lipinski definition) is 5. The van der Waals surface area contributed by atoms with Gasteiger partial charge in [0.15, 0.2) is 0 Å². The maximum Gasteiger partial charge on any atom is 0.291 e. The predicted molar refractivity (Wildman–Crippen MR) is 114 cm³/mol. The standard InChI is InChI=1S/C23H24N4O2/c1-23(2,3)19-8-6-5-7-17(19)13-25-27-22(28)21-15-24-14-20(26-21)16-9-11-18(29-4)12-10-16/h5-15H,1-4H3,(H,27,28). The lowest BCUT2D eigenvalue weighted by Gasteiger charge is -2.21. The number of ether oxygens (including phenoxy) is 1. The minimum Gasteiger partial charge on any atom is -0.497 e. The maximum atomic E-state index is 12.5. The number of aromatic nitrogens is 2. The van der Waals surface area contributed by atoms with Crippen molar-refractivity contribution in [3.8, 4) is 17.0 Å². The van der Waals surface area contributed by atoms with E-state index < -0.39 is 5.91 Å². The molecule has 148 valence electrons. The molecule has 0 atom stereocenters. The number of hydrogen-bond donors (Lipinski definition) is 1. The van der Waals surface area contributed by atoms with Gasteiger partial charge in [0.05, 0.1) is 31.4 Å². The summed E-state index contributed by atoms with van der Waals surface area (Å²) >= 11 is 0. The lowest BCUT2D eigenvalue weighted by molar-refractivity contribution is 0.0950. The zero-order chi connectivity index (χ0) is 20.9. The molecule has 0 unspecified atom stereocenters. The number of amides is 1. The van der Waals surface area contributed by atoms with Gasteiger partial charge in [-0.1, -0.05) is 45.0 Å². The quantitative estimate of drug-likeness (QED) is 0.525. The Labute approximate surface area is 170 Å². The first-order chi connectivity index (χ1) is 13.9. The van der Waals surface area contributed by atoms with Crippen LogP contribution >= 0.6 is 0 Å². The molecule has 3 rings (SSSR count). The van der Waals surface area contributed by atoms with Crippen LogP contribution in [0.1, 0.15) is 42.4 Å². The van der Waals surface area contributed by atoms with Crippen molar-refractivity contribution in [2.24, 2.45) is 5.10 Å². The van der Waals surface area contributed by atoms with E-state index in [0.29, 0.717) is 5.69 Å². The summed E-state index contributed by atoms with van der Waals surface area (Å²) in [5.74, 6) is 0.331. The minimum atomic E-state index is -0.419. The fourth-order valence-electron chi connectivity index (χ4n) is 2.89. The second-order valence-electron chi connectivity index (χ2n) is 7.55. The second-order valence-corrected chi connectivity index (χ2v) is 7.55. The molecule has 0 bridgehead atoms. The van der Waals surface area contributed by atoms with Gasteiger partial charge in [-0.2, -0.15) is 5.10 Å². The fraction of sp³-hybridized carbons (Fsp3) is 0.217. The Morgan fingerprint density at radius 1 is 1.07 bits per heavy atom. The third-order valence-electron chi connectivity index (χ3n) is 4.39. The average molecular weight is 388 g/mol. The van der Waals surface area contributed by atoms with Gasteiger partial charge in [0.25, 0.3) is 5.91 Å². The highest BCUT2D eigenvalue weighted by atomic mass is 16.5. The summed E-state index contributed by atoms with van der Waals surface area (Å²) in [6.45, 7) is 6.41. The first kappa shape index (κ1) is 20.2. The molecule has 0 radical (unpaired) electrons. The lowest BCUT2D eigenvalue weighted by Crippen LogP contribution is -2.20. The Morgan fingerprint density at radius 2 is 1.79 bits per heavy atom. The van der Waals surface area contributed by atoms with Crippen LogP contribution in [0.5, 0.6) is 5.75 Å². The van der Waals surface area contributed by atoms with Crippen LogP contribution in [-0.2, 0) is 5.41 Å². The van der Waals surface area contributed by atoms with Crippen molar-refractivity contribution < 1.29 is 9.53 Å². The van der Waals surface area contributed by atoms with Crippen molar-refractivity contribution in [2.45, 2.75) is 26.2 Å². The van der Waals surface area contributed by atoms with Gasteiger partial charge < -0.3 is 4.74 Å².